The predicted molar refractivity (Wildman–Crippen MR) is 129 cm³/mol. The molecular formula is C27H34N2O3. The lowest BCUT2D eigenvalue weighted by Gasteiger charge is -2.23. The molecule has 3 aromatic rings. The number of aliphatic hydroxyl groups is 1. The van der Waals surface area contributed by atoms with Crippen molar-refractivity contribution in [2.45, 2.75) is 60.0 Å². The first-order chi connectivity index (χ1) is 15.1. The lowest BCUT2D eigenvalue weighted by molar-refractivity contribution is 0.0781. The molecule has 0 aliphatic rings. The van der Waals surface area contributed by atoms with Gasteiger partial charge in [0.1, 0.15) is 11.5 Å². The van der Waals surface area contributed by atoms with Crippen LogP contribution in [-0.4, -0.2) is 29.3 Å². The molecule has 0 spiro atoms. The summed E-state index contributed by atoms with van der Waals surface area (Å²) in [5.41, 5.74) is 7.44. The second-order valence-electron chi connectivity index (χ2n) is 8.65. The van der Waals surface area contributed by atoms with E-state index in [-0.39, 0.29) is 0 Å². The molecule has 2 aromatic carbocycles. The first-order valence-electron chi connectivity index (χ1n) is 11.1. The number of hydrogen-bond donors (Lipinski definition) is 1. The molecule has 0 aliphatic carbocycles. The molecule has 0 fully saturated rings. The zero-order chi connectivity index (χ0) is 23.6. The summed E-state index contributed by atoms with van der Waals surface area (Å²) in [6, 6.07) is 10.1. The second kappa shape index (κ2) is 9.29. The van der Waals surface area contributed by atoms with Crippen molar-refractivity contribution in [2.75, 3.05) is 14.2 Å². The van der Waals surface area contributed by atoms with E-state index >= 15 is 0 Å². The highest BCUT2D eigenvalue weighted by atomic mass is 16.5. The molecule has 0 radical (unpaired) electrons. The van der Waals surface area contributed by atoms with Gasteiger partial charge < -0.3 is 14.6 Å². The Bertz CT molecular complexity index is 1110. The zero-order valence-electron chi connectivity index (χ0n) is 20.5. The molecule has 5 heteroatoms. The Morgan fingerprint density at radius 3 is 1.88 bits per heavy atom. The summed E-state index contributed by atoms with van der Waals surface area (Å²) in [7, 11) is 3.24. The SMILES string of the molecule is CCc1nc(-c2c(OC)cc(C(C)(C)O)cc2OC)c(CC)nc1-c1cc(C)ccc1C. The van der Waals surface area contributed by atoms with E-state index in [1.807, 2.05) is 12.1 Å². The fraction of sp³-hybridized carbons (Fsp3) is 0.407. The number of aromatic nitrogens is 2. The van der Waals surface area contributed by atoms with Crippen molar-refractivity contribution in [3.05, 3.63) is 58.4 Å². The van der Waals surface area contributed by atoms with Gasteiger partial charge in [-0.1, -0.05) is 31.5 Å². The molecule has 0 aliphatic heterocycles. The molecule has 0 bridgehead atoms. The summed E-state index contributed by atoms with van der Waals surface area (Å²) in [6.07, 6.45) is 1.46. The smallest absolute Gasteiger partial charge is 0.132 e. The first kappa shape index (κ1) is 23.7. The van der Waals surface area contributed by atoms with Gasteiger partial charge in [-0.05, 0) is 69.9 Å². The number of aryl methyl sites for hydroxylation is 4. The van der Waals surface area contributed by atoms with Gasteiger partial charge in [0.05, 0.1) is 48.2 Å². The average molecular weight is 435 g/mol. The maximum Gasteiger partial charge on any atom is 0.132 e. The van der Waals surface area contributed by atoms with E-state index in [0.29, 0.717) is 23.5 Å². The molecule has 32 heavy (non-hydrogen) atoms. The highest BCUT2D eigenvalue weighted by Gasteiger charge is 2.26. The van der Waals surface area contributed by atoms with Crippen LogP contribution >= 0.6 is 0 Å². The van der Waals surface area contributed by atoms with Crippen LogP contribution in [0.5, 0.6) is 11.5 Å². The number of nitrogens with zero attached hydrogens (tertiary/aromatic N) is 2. The van der Waals surface area contributed by atoms with Crippen LogP contribution < -0.4 is 9.47 Å². The maximum absolute atomic E-state index is 10.5. The van der Waals surface area contributed by atoms with Gasteiger partial charge in [-0.25, -0.2) is 9.97 Å². The van der Waals surface area contributed by atoms with Gasteiger partial charge in [0.2, 0.25) is 0 Å². The van der Waals surface area contributed by atoms with E-state index < -0.39 is 5.60 Å². The molecule has 0 unspecified atom stereocenters. The zero-order valence-corrected chi connectivity index (χ0v) is 20.5. The van der Waals surface area contributed by atoms with Gasteiger partial charge >= 0.3 is 0 Å². The minimum Gasteiger partial charge on any atom is -0.496 e. The lowest BCUT2D eigenvalue weighted by atomic mass is 9.94. The van der Waals surface area contributed by atoms with Crippen molar-refractivity contribution in [2.24, 2.45) is 0 Å². The molecule has 1 aromatic heterocycles. The number of hydrogen-bond acceptors (Lipinski definition) is 5. The van der Waals surface area contributed by atoms with Crippen LogP contribution in [0.25, 0.3) is 22.5 Å². The Balaban J connectivity index is 2.33. The Hall–Kier alpha value is -2.92. The minimum atomic E-state index is -1.03. The summed E-state index contributed by atoms with van der Waals surface area (Å²) >= 11 is 0. The van der Waals surface area contributed by atoms with E-state index in [4.69, 9.17) is 19.4 Å². The van der Waals surface area contributed by atoms with Gasteiger partial charge in [-0.15, -0.1) is 0 Å². The number of benzene rings is 2. The molecule has 0 saturated heterocycles. The van der Waals surface area contributed by atoms with Gasteiger partial charge in [-0.2, -0.15) is 0 Å². The van der Waals surface area contributed by atoms with Gasteiger partial charge in [0.15, 0.2) is 0 Å². The Kier molecular flexibility index (Phi) is 6.89. The highest BCUT2D eigenvalue weighted by Crippen LogP contribution is 2.43. The quantitative estimate of drug-likeness (QED) is 0.509. The van der Waals surface area contributed by atoms with Crippen LogP contribution in [0.2, 0.25) is 0 Å². The molecular weight excluding hydrogens is 400 g/mol. The van der Waals surface area contributed by atoms with E-state index in [1.165, 1.54) is 11.1 Å². The molecule has 1 heterocycles. The molecule has 3 rings (SSSR count). The highest BCUT2D eigenvalue weighted by molar-refractivity contribution is 5.78. The first-order valence-corrected chi connectivity index (χ1v) is 11.1. The third-order valence-corrected chi connectivity index (χ3v) is 5.81. The number of methoxy groups -OCH3 is 2. The molecule has 1 N–H and O–H groups in total. The van der Waals surface area contributed by atoms with Gasteiger partial charge in [0, 0.05) is 5.56 Å². The molecule has 0 amide bonds. The van der Waals surface area contributed by atoms with Gasteiger partial charge in [-0.3, -0.25) is 0 Å². The van der Waals surface area contributed by atoms with E-state index in [9.17, 15) is 5.11 Å². The van der Waals surface area contributed by atoms with Gasteiger partial charge in [0.25, 0.3) is 0 Å². The molecule has 5 nitrogen and oxygen atoms in total. The van der Waals surface area contributed by atoms with E-state index in [2.05, 4.69) is 45.9 Å². The van der Waals surface area contributed by atoms with Crippen molar-refractivity contribution < 1.29 is 14.6 Å². The van der Waals surface area contributed by atoms with Crippen LogP contribution in [0.3, 0.4) is 0 Å². The Morgan fingerprint density at radius 1 is 0.844 bits per heavy atom. The number of ether oxygens (including phenoxy) is 2. The monoisotopic (exact) mass is 434 g/mol. The normalized spacial score (nSPS) is 11.5. The van der Waals surface area contributed by atoms with Crippen molar-refractivity contribution in [3.8, 4) is 34.0 Å². The lowest BCUT2D eigenvalue weighted by Crippen LogP contribution is -2.16. The van der Waals surface area contributed by atoms with Crippen LogP contribution in [0, 0.1) is 13.8 Å². The largest absolute Gasteiger partial charge is 0.496 e. The van der Waals surface area contributed by atoms with Crippen molar-refractivity contribution in [1.82, 2.24) is 9.97 Å². The molecule has 170 valence electrons. The third-order valence-electron chi connectivity index (χ3n) is 5.81. The summed E-state index contributed by atoms with van der Waals surface area (Å²) in [5.74, 6) is 1.21. The predicted octanol–water partition coefficient (Wildman–Crippen LogP) is 5.80. The van der Waals surface area contributed by atoms with Crippen LogP contribution in [-0.2, 0) is 18.4 Å². The van der Waals surface area contributed by atoms with Crippen molar-refractivity contribution in [1.29, 1.82) is 0 Å². The minimum absolute atomic E-state index is 0.604. The van der Waals surface area contributed by atoms with E-state index in [1.54, 1.807) is 28.1 Å². The Morgan fingerprint density at radius 2 is 1.38 bits per heavy atom. The number of rotatable bonds is 7. The molecule has 0 saturated carbocycles. The summed E-state index contributed by atoms with van der Waals surface area (Å²) in [6.45, 7) is 11.9. The van der Waals surface area contributed by atoms with Crippen molar-refractivity contribution >= 4 is 0 Å². The Labute approximate surface area is 191 Å². The summed E-state index contributed by atoms with van der Waals surface area (Å²) in [5, 5.41) is 10.5. The fourth-order valence-corrected chi connectivity index (χ4v) is 3.90. The summed E-state index contributed by atoms with van der Waals surface area (Å²) in [4.78, 5) is 10.2. The third kappa shape index (κ3) is 4.49. The van der Waals surface area contributed by atoms with Crippen molar-refractivity contribution in [3.63, 3.8) is 0 Å². The maximum atomic E-state index is 10.5. The molecule has 0 atom stereocenters. The summed E-state index contributed by atoms with van der Waals surface area (Å²) < 4.78 is 11.5. The standard InChI is InChI=1S/C27H34N2O3/c1-9-20-25(19-13-16(3)11-12-17(19)4)28-21(10-2)26(29-20)24-22(31-7)14-18(27(5,6)30)15-23(24)32-8/h11-15,30H,9-10H2,1-8H3. The second-order valence-corrected chi connectivity index (χ2v) is 8.65. The fourth-order valence-electron chi connectivity index (χ4n) is 3.90. The average Bonchev–Trinajstić information content (AvgIpc) is 2.78. The topological polar surface area (TPSA) is 64.5 Å². The van der Waals surface area contributed by atoms with E-state index in [0.717, 1.165) is 40.3 Å². The van der Waals surface area contributed by atoms with Crippen LogP contribution in [0.15, 0.2) is 30.3 Å². The van der Waals surface area contributed by atoms with Crippen LogP contribution in [0.4, 0.5) is 0 Å². The van der Waals surface area contributed by atoms with Crippen LogP contribution in [0.1, 0.15) is 55.8 Å².